The molecule has 0 spiro atoms. The molecule has 0 saturated heterocycles. The summed E-state index contributed by atoms with van der Waals surface area (Å²) in [5.41, 5.74) is 3.87. The summed E-state index contributed by atoms with van der Waals surface area (Å²) >= 11 is 0. The van der Waals surface area contributed by atoms with E-state index in [0.717, 1.165) is 22.4 Å². The third kappa shape index (κ3) is 5.05. The van der Waals surface area contributed by atoms with Gasteiger partial charge in [0.15, 0.2) is 0 Å². The molecule has 2 N–H and O–H groups in total. The highest BCUT2D eigenvalue weighted by atomic mass is 16.2. The van der Waals surface area contributed by atoms with Crippen LogP contribution in [0.3, 0.4) is 0 Å². The molecule has 0 heterocycles. The lowest BCUT2D eigenvalue weighted by atomic mass is 10.1. The molecule has 0 fully saturated rings. The van der Waals surface area contributed by atoms with Crippen molar-refractivity contribution in [3.8, 4) is 0 Å². The summed E-state index contributed by atoms with van der Waals surface area (Å²) in [5, 5.41) is 5.49. The quantitative estimate of drug-likeness (QED) is 0.833. The minimum atomic E-state index is -0.310. The Morgan fingerprint density at radius 2 is 1.55 bits per heavy atom. The highest BCUT2D eigenvalue weighted by Crippen LogP contribution is 2.13. The lowest BCUT2D eigenvalue weighted by Gasteiger charge is -2.08. The van der Waals surface area contributed by atoms with Gasteiger partial charge in [0.1, 0.15) is 6.42 Å². The molecule has 2 aromatic carbocycles. The zero-order valence-corrected chi connectivity index (χ0v) is 12.8. The Labute approximate surface area is 130 Å². The Morgan fingerprint density at radius 1 is 0.909 bits per heavy atom. The molecule has 0 aliphatic carbocycles. The normalized spacial score (nSPS) is 10.1. The van der Waals surface area contributed by atoms with Crippen molar-refractivity contribution >= 4 is 17.5 Å². The molecular formula is C18H20N2O2. The number of aryl methyl sites for hydroxylation is 2. The van der Waals surface area contributed by atoms with Crippen LogP contribution < -0.4 is 10.6 Å². The molecule has 22 heavy (non-hydrogen) atoms. The second kappa shape index (κ2) is 7.41. The fourth-order valence-corrected chi connectivity index (χ4v) is 2.26. The van der Waals surface area contributed by atoms with E-state index in [1.807, 2.05) is 62.4 Å². The molecule has 114 valence electrons. The van der Waals surface area contributed by atoms with E-state index in [1.165, 1.54) is 0 Å². The van der Waals surface area contributed by atoms with Crippen molar-refractivity contribution < 1.29 is 9.59 Å². The van der Waals surface area contributed by atoms with Crippen molar-refractivity contribution in [3.63, 3.8) is 0 Å². The molecular weight excluding hydrogens is 276 g/mol. The minimum Gasteiger partial charge on any atom is -0.352 e. The van der Waals surface area contributed by atoms with Crippen molar-refractivity contribution in [2.75, 3.05) is 5.32 Å². The molecule has 0 aliphatic heterocycles. The first-order valence-corrected chi connectivity index (χ1v) is 7.22. The predicted octanol–water partition coefficient (Wildman–Crippen LogP) is 2.95. The SMILES string of the molecule is Cc1cc(C)cc(NC(=O)CC(=O)NCc2ccccc2)c1. The Kier molecular flexibility index (Phi) is 5.31. The van der Waals surface area contributed by atoms with Gasteiger partial charge in [-0.05, 0) is 42.7 Å². The second-order valence-corrected chi connectivity index (χ2v) is 5.36. The van der Waals surface area contributed by atoms with Gasteiger partial charge in [-0.15, -0.1) is 0 Å². The van der Waals surface area contributed by atoms with E-state index < -0.39 is 0 Å². The van der Waals surface area contributed by atoms with Crippen LogP contribution in [0, 0.1) is 13.8 Å². The fraction of sp³-hybridized carbons (Fsp3) is 0.222. The molecule has 0 saturated carbocycles. The monoisotopic (exact) mass is 296 g/mol. The standard InChI is InChI=1S/C18H20N2O2/c1-13-8-14(2)10-16(9-13)20-18(22)11-17(21)19-12-15-6-4-3-5-7-15/h3-10H,11-12H2,1-2H3,(H,19,21)(H,20,22). The topological polar surface area (TPSA) is 58.2 Å². The van der Waals surface area contributed by atoms with Crippen LogP contribution >= 0.6 is 0 Å². The molecule has 0 bridgehead atoms. The van der Waals surface area contributed by atoms with Crippen molar-refractivity contribution in [2.45, 2.75) is 26.8 Å². The molecule has 2 aromatic rings. The van der Waals surface area contributed by atoms with Crippen LogP contribution in [0.25, 0.3) is 0 Å². The Balaban J connectivity index is 1.82. The van der Waals surface area contributed by atoms with Crippen LogP contribution in [0.15, 0.2) is 48.5 Å². The van der Waals surface area contributed by atoms with Crippen LogP contribution in [0.1, 0.15) is 23.1 Å². The largest absolute Gasteiger partial charge is 0.352 e. The van der Waals surface area contributed by atoms with Gasteiger partial charge >= 0.3 is 0 Å². The average molecular weight is 296 g/mol. The van der Waals surface area contributed by atoms with Gasteiger partial charge in [-0.1, -0.05) is 36.4 Å². The van der Waals surface area contributed by atoms with Gasteiger partial charge in [-0.3, -0.25) is 9.59 Å². The van der Waals surface area contributed by atoms with Crippen LogP contribution in [-0.4, -0.2) is 11.8 Å². The zero-order valence-electron chi connectivity index (χ0n) is 12.8. The van der Waals surface area contributed by atoms with E-state index in [0.29, 0.717) is 6.54 Å². The fourth-order valence-electron chi connectivity index (χ4n) is 2.26. The summed E-state index contributed by atoms with van der Waals surface area (Å²) in [7, 11) is 0. The number of anilines is 1. The molecule has 0 atom stereocenters. The van der Waals surface area contributed by atoms with E-state index >= 15 is 0 Å². The summed E-state index contributed by atoms with van der Waals surface area (Å²) in [5.74, 6) is -0.596. The van der Waals surface area contributed by atoms with E-state index in [9.17, 15) is 9.59 Å². The van der Waals surface area contributed by atoms with Gasteiger partial charge in [-0.2, -0.15) is 0 Å². The Hall–Kier alpha value is -2.62. The van der Waals surface area contributed by atoms with Crippen molar-refractivity contribution in [3.05, 3.63) is 65.2 Å². The van der Waals surface area contributed by atoms with Gasteiger partial charge in [-0.25, -0.2) is 0 Å². The summed E-state index contributed by atoms with van der Waals surface area (Å²) < 4.78 is 0. The lowest BCUT2D eigenvalue weighted by molar-refractivity contribution is -0.126. The highest BCUT2D eigenvalue weighted by Gasteiger charge is 2.09. The van der Waals surface area contributed by atoms with Crippen molar-refractivity contribution in [1.29, 1.82) is 0 Å². The van der Waals surface area contributed by atoms with Crippen LogP contribution in [0.4, 0.5) is 5.69 Å². The maximum Gasteiger partial charge on any atom is 0.233 e. The smallest absolute Gasteiger partial charge is 0.233 e. The first kappa shape index (κ1) is 15.8. The van der Waals surface area contributed by atoms with Crippen LogP contribution in [0.2, 0.25) is 0 Å². The van der Waals surface area contributed by atoms with Gasteiger partial charge in [0.2, 0.25) is 11.8 Å². The Bertz CT molecular complexity index is 646. The third-order valence-electron chi connectivity index (χ3n) is 3.16. The van der Waals surface area contributed by atoms with Gasteiger partial charge in [0.05, 0.1) is 0 Å². The highest BCUT2D eigenvalue weighted by molar-refractivity contribution is 6.03. The lowest BCUT2D eigenvalue weighted by Crippen LogP contribution is -2.27. The molecule has 2 rings (SSSR count). The van der Waals surface area contributed by atoms with Crippen molar-refractivity contribution in [1.82, 2.24) is 5.32 Å². The number of carbonyl (C=O) groups excluding carboxylic acids is 2. The molecule has 0 aliphatic rings. The molecule has 4 nitrogen and oxygen atoms in total. The molecule has 0 aromatic heterocycles. The summed E-state index contributed by atoms with van der Waals surface area (Å²) in [6.45, 7) is 4.36. The summed E-state index contributed by atoms with van der Waals surface area (Å²) in [6.07, 6.45) is -0.181. The Morgan fingerprint density at radius 3 is 2.18 bits per heavy atom. The van der Waals surface area contributed by atoms with Gasteiger partial charge in [0, 0.05) is 12.2 Å². The number of amides is 2. The van der Waals surface area contributed by atoms with Crippen LogP contribution in [-0.2, 0) is 16.1 Å². The van der Waals surface area contributed by atoms with Gasteiger partial charge < -0.3 is 10.6 Å². The first-order chi connectivity index (χ1) is 10.5. The van der Waals surface area contributed by atoms with Gasteiger partial charge in [0.25, 0.3) is 0 Å². The number of benzene rings is 2. The number of hydrogen-bond acceptors (Lipinski definition) is 2. The molecule has 2 amide bonds. The number of carbonyl (C=O) groups is 2. The third-order valence-corrected chi connectivity index (χ3v) is 3.16. The van der Waals surface area contributed by atoms with E-state index in [2.05, 4.69) is 10.6 Å². The molecule has 0 unspecified atom stereocenters. The van der Waals surface area contributed by atoms with Crippen molar-refractivity contribution in [2.24, 2.45) is 0 Å². The number of rotatable bonds is 5. The first-order valence-electron chi connectivity index (χ1n) is 7.22. The summed E-state index contributed by atoms with van der Waals surface area (Å²) in [4.78, 5) is 23.7. The number of hydrogen-bond donors (Lipinski definition) is 2. The molecule has 4 heteroatoms. The van der Waals surface area contributed by atoms with E-state index in [4.69, 9.17) is 0 Å². The zero-order chi connectivity index (χ0) is 15.9. The van der Waals surface area contributed by atoms with Crippen LogP contribution in [0.5, 0.6) is 0 Å². The maximum atomic E-state index is 11.9. The average Bonchev–Trinajstić information content (AvgIpc) is 2.45. The second-order valence-electron chi connectivity index (χ2n) is 5.36. The maximum absolute atomic E-state index is 11.9. The number of nitrogens with one attached hydrogen (secondary N) is 2. The van der Waals surface area contributed by atoms with E-state index in [-0.39, 0.29) is 18.2 Å². The summed E-state index contributed by atoms with van der Waals surface area (Å²) in [6, 6.07) is 15.4. The molecule has 0 radical (unpaired) electrons. The minimum absolute atomic E-state index is 0.181. The predicted molar refractivity (Wildman–Crippen MR) is 87.5 cm³/mol. The van der Waals surface area contributed by atoms with E-state index in [1.54, 1.807) is 0 Å².